The number of tetrazole rings is 1. The first-order valence-electron chi connectivity index (χ1n) is 7.24. The Morgan fingerprint density at radius 1 is 1.10 bits per heavy atom. The number of thioether (sulfide) groups is 1. The molecule has 0 aliphatic heterocycles. The molecular formula is C15H22N4S. The molecule has 0 atom stereocenters. The van der Waals surface area contributed by atoms with Crippen LogP contribution in [-0.2, 0) is 0 Å². The maximum atomic E-state index is 4.10. The van der Waals surface area contributed by atoms with Gasteiger partial charge in [0.1, 0.15) is 0 Å². The Kier molecular flexibility index (Phi) is 6.05. The summed E-state index contributed by atoms with van der Waals surface area (Å²) in [5.41, 5.74) is 1.01. The second-order valence-electron chi connectivity index (χ2n) is 5.30. The van der Waals surface area contributed by atoms with Gasteiger partial charge < -0.3 is 0 Å². The van der Waals surface area contributed by atoms with Crippen molar-refractivity contribution in [2.75, 3.05) is 5.75 Å². The zero-order valence-corrected chi connectivity index (χ0v) is 13.0. The monoisotopic (exact) mass is 290 g/mol. The summed E-state index contributed by atoms with van der Waals surface area (Å²) in [6.45, 7) is 4.56. The third kappa shape index (κ3) is 4.63. The zero-order valence-electron chi connectivity index (χ0n) is 12.2. The van der Waals surface area contributed by atoms with Crippen molar-refractivity contribution in [3.05, 3.63) is 30.3 Å². The highest BCUT2D eigenvalue weighted by Crippen LogP contribution is 2.20. The molecule has 0 N–H and O–H groups in total. The van der Waals surface area contributed by atoms with Crippen LogP contribution >= 0.6 is 11.8 Å². The Morgan fingerprint density at radius 2 is 1.90 bits per heavy atom. The molecule has 1 heterocycles. The smallest absolute Gasteiger partial charge is 0.188 e. The lowest BCUT2D eigenvalue weighted by Gasteiger charge is -2.05. The van der Waals surface area contributed by atoms with E-state index in [1.807, 2.05) is 30.3 Å². The highest BCUT2D eigenvalue weighted by Gasteiger charge is 2.07. The third-order valence-electron chi connectivity index (χ3n) is 3.10. The van der Waals surface area contributed by atoms with Crippen molar-refractivity contribution in [1.29, 1.82) is 0 Å². The molecule has 0 aliphatic carbocycles. The van der Waals surface area contributed by atoms with E-state index in [4.69, 9.17) is 0 Å². The van der Waals surface area contributed by atoms with E-state index < -0.39 is 0 Å². The topological polar surface area (TPSA) is 43.6 Å². The first-order chi connectivity index (χ1) is 9.77. The number of benzene rings is 1. The molecule has 108 valence electrons. The normalized spacial score (nSPS) is 11.2. The second-order valence-corrected chi connectivity index (χ2v) is 6.36. The van der Waals surface area contributed by atoms with Crippen LogP contribution in [0.4, 0.5) is 0 Å². The summed E-state index contributed by atoms with van der Waals surface area (Å²) < 4.78 is 1.80. The van der Waals surface area contributed by atoms with Gasteiger partial charge in [-0.15, -0.1) is 5.10 Å². The van der Waals surface area contributed by atoms with Gasteiger partial charge in [-0.1, -0.05) is 63.1 Å². The number of nitrogens with zero attached hydrogens (tertiary/aromatic N) is 4. The van der Waals surface area contributed by atoms with E-state index in [2.05, 4.69) is 29.4 Å². The summed E-state index contributed by atoms with van der Waals surface area (Å²) in [6, 6.07) is 10.0. The minimum Gasteiger partial charge on any atom is -0.188 e. The predicted molar refractivity (Wildman–Crippen MR) is 83.2 cm³/mol. The number of hydrogen-bond donors (Lipinski definition) is 0. The van der Waals surface area contributed by atoms with Crippen molar-refractivity contribution in [3.8, 4) is 5.69 Å². The summed E-state index contributed by atoms with van der Waals surface area (Å²) in [6.07, 6.45) is 5.16. The first-order valence-corrected chi connectivity index (χ1v) is 8.22. The minimum absolute atomic E-state index is 0.813. The number of para-hydroxylation sites is 1. The van der Waals surface area contributed by atoms with Gasteiger partial charge in [0, 0.05) is 5.75 Å². The van der Waals surface area contributed by atoms with Gasteiger partial charge in [0.2, 0.25) is 5.16 Å². The van der Waals surface area contributed by atoms with E-state index >= 15 is 0 Å². The van der Waals surface area contributed by atoms with Crippen LogP contribution in [0.25, 0.3) is 5.69 Å². The van der Waals surface area contributed by atoms with Gasteiger partial charge >= 0.3 is 0 Å². The number of aromatic nitrogens is 4. The fraction of sp³-hybridized carbons (Fsp3) is 0.533. The standard InChI is InChI=1S/C15H22N4S/c1-13(2)9-5-4-8-12-20-15-16-17-18-19(15)14-10-6-3-7-11-14/h3,6-7,10-11,13H,4-5,8-9,12H2,1-2H3. The Hall–Kier alpha value is -1.36. The Labute approximate surface area is 125 Å². The average molecular weight is 290 g/mol. The Bertz CT molecular complexity index is 496. The quantitative estimate of drug-likeness (QED) is 0.545. The molecule has 1 aromatic heterocycles. The molecule has 0 saturated heterocycles. The summed E-state index contributed by atoms with van der Waals surface area (Å²) >= 11 is 1.73. The Balaban J connectivity index is 1.78. The minimum atomic E-state index is 0.813. The summed E-state index contributed by atoms with van der Waals surface area (Å²) in [4.78, 5) is 0. The average Bonchev–Trinajstić information content (AvgIpc) is 2.92. The van der Waals surface area contributed by atoms with Crippen LogP contribution in [0, 0.1) is 5.92 Å². The number of rotatable bonds is 8. The third-order valence-corrected chi connectivity index (χ3v) is 4.10. The highest BCUT2D eigenvalue weighted by atomic mass is 32.2. The zero-order chi connectivity index (χ0) is 14.2. The van der Waals surface area contributed by atoms with Crippen LogP contribution < -0.4 is 0 Å². The molecule has 0 amide bonds. The van der Waals surface area contributed by atoms with Gasteiger partial charge in [-0.25, -0.2) is 0 Å². The van der Waals surface area contributed by atoms with Crippen molar-refractivity contribution < 1.29 is 0 Å². The fourth-order valence-electron chi connectivity index (χ4n) is 2.00. The maximum Gasteiger partial charge on any atom is 0.214 e. The van der Waals surface area contributed by atoms with Gasteiger partial charge in [0.25, 0.3) is 0 Å². The molecule has 4 nitrogen and oxygen atoms in total. The molecule has 5 heteroatoms. The molecule has 0 radical (unpaired) electrons. The van der Waals surface area contributed by atoms with E-state index in [0.29, 0.717) is 0 Å². The van der Waals surface area contributed by atoms with Crippen LogP contribution in [0.2, 0.25) is 0 Å². The summed E-state index contributed by atoms with van der Waals surface area (Å²) in [5.74, 6) is 1.89. The van der Waals surface area contributed by atoms with E-state index in [1.165, 1.54) is 25.7 Å². The molecule has 0 aliphatic rings. The number of hydrogen-bond acceptors (Lipinski definition) is 4. The van der Waals surface area contributed by atoms with Gasteiger partial charge in [0.05, 0.1) is 5.69 Å². The fourth-order valence-corrected chi connectivity index (χ4v) is 2.88. The summed E-state index contributed by atoms with van der Waals surface area (Å²) in [5, 5.41) is 12.8. The van der Waals surface area contributed by atoms with Crippen molar-refractivity contribution in [1.82, 2.24) is 20.2 Å². The molecule has 0 saturated carbocycles. The lowest BCUT2D eigenvalue weighted by atomic mass is 10.1. The molecular weight excluding hydrogens is 268 g/mol. The number of unbranched alkanes of at least 4 members (excludes halogenated alkanes) is 2. The van der Waals surface area contributed by atoms with Crippen LogP contribution in [0.1, 0.15) is 39.5 Å². The lowest BCUT2D eigenvalue weighted by Crippen LogP contribution is -1.99. The molecule has 1 aromatic carbocycles. The van der Waals surface area contributed by atoms with E-state index in [-0.39, 0.29) is 0 Å². The molecule has 0 fully saturated rings. The van der Waals surface area contributed by atoms with Gasteiger partial charge in [-0.3, -0.25) is 0 Å². The molecule has 0 spiro atoms. The Morgan fingerprint density at radius 3 is 2.65 bits per heavy atom. The first kappa shape index (κ1) is 15.0. The molecule has 2 aromatic rings. The van der Waals surface area contributed by atoms with E-state index in [9.17, 15) is 0 Å². The predicted octanol–water partition coefficient (Wildman–Crippen LogP) is 3.97. The van der Waals surface area contributed by atoms with E-state index in [1.54, 1.807) is 16.4 Å². The van der Waals surface area contributed by atoms with Gasteiger partial charge in [-0.2, -0.15) is 4.68 Å². The van der Waals surface area contributed by atoms with Crippen LogP contribution in [-0.4, -0.2) is 26.0 Å². The van der Waals surface area contributed by atoms with Crippen molar-refractivity contribution in [3.63, 3.8) is 0 Å². The summed E-state index contributed by atoms with van der Waals surface area (Å²) in [7, 11) is 0. The maximum absolute atomic E-state index is 4.10. The largest absolute Gasteiger partial charge is 0.214 e. The van der Waals surface area contributed by atoms with Crippen molar-refractivity contribution in [2.45, 2.75) is 44.7 Å². The SMILES string of the molecule is CC(C)CCCCCSc1nnnn1-c1ccccc1. The van der Waals surface area contributed by atoms with Gasteiger partial charge in [-0.05, 0) is 34.9 Å². The second kappa shape index (κ2) is 8.04. The molecule has 2 rings (SSSR count). The highest BCUT2D eigenvalue weighted by molar-refractivity contribution is 7.99. The lowest BCUT2D eigenvalue weighted by molar-refractivity contribution is 0.535. The van der Waals surface area contributed by atoms with E-state index in [0.717, 1.165) is 22.5 Å². The molecule has 20 heavy (non-hydrogen) atoms. The molecule has 0 bridgehead atoms. The molecule has 0 unspecified atom stereocenters. The van der Waals surface area contributed by atoms with Crippen molar-refractivity contribution >= 4 is 11.8 Å². The van der Waals surface area contributed by atoms with Crippen LogP contribution in [0.5, 0.6) is 0 Å². The van der Waals surface area contributed by atoms with Crippen molar-refractivity contribution in [2.24, 2.45) is 5.92 Å². The van der Waals surface area contributed by atoms with Gasteiger partial charge in [0.15, 0.2) is 0 Å². The van der Waals surface area contributed by atoms with Crippen LogP contribution in [0.15, 0.2) is 35.5 Å². The van der Waals surface area contributed by atoms with Crippen LogP contribution in [0.3, 0.4) is 0 Å².